The number of unbranched alkanes of at least 4 members (excludes halogenated alkanes) is 1. The molecule has 1 saturated heterocycles. The van der Waals surface area contributed by atoms with Crippen LogP contribution in [-0.4, -0.2) is 49.7 Å². The topological polar surface area (TPSA) is 76.7 Å². The van der Waals surface area contributed by atoms with Crippen LogP contribution in [0.2, 0.25) is 10.0 Å². The van der Waals surface area contributed by atoms with Gasteiger partial charge < -0.3 is 25.8 Å². The molecule has 9 heteroatoms. The first-order chi connectivity index (χ1) is 15.0. The van der Waals surface area contributed by atoms with Crippen LogP contribution in [0.1, 0.15) is 19.8 Å². The first kappa shape index (κ1) is 23.0. The Labute approximate surface area is 192 Å². The van der Waals surface area contributed by atoms with Crippen molar-refractivity contribution in [3.63, 3.8) is 0 Å². The van der Waals surface area contributed by atoms with Crippen molar-refractivity contribution >= 4 is 52.3 Å². The molecule has 3 rings (SSSR count). The maximum Gasteiger partial charge on any atom is 0.323 e. The molecule has 1 heterocycles. The predicted octanol–water partition coefficient (Wildman–Crippen LogP) is 5.27. The second-order valence-corrected chi connectivity index (χ2v) is 8.07. The van der Waals surface area contributed by atoms with Gasteiger partial charge in [-0.25, -0.2) is 9.59 Å². The molecule has 0 radical (unpaired) electrons. The standard InChI is InChI=1S/C22H27Cl2N5O2/c1-2-3-11-25-22(31)29-14-12-28(13-15-29)17-9-7-16(8-10-17)26-21(30)27-19-6-4-5-18(23)20(19)24/h4-10H,2-3,11-15H2,1H3,(H,25,31)(H2,26,27,30). The number of nitrogens with zero attached hydrogens (tertiary/aromatic N) is 2. The average molecular weight is 464 g/mol. The highest BCUT2D eigenvalue weighted by Crippen LogP contribution is 2.29. The highest BCUT2D eigenvalue weighted by atomic mass is 35.5. The van der Waals surface area contributed by atoms with Gasteiger partial charge in [0, 0.05) is 44.1 Å². The van der Waals surface area contributed by atoms with Crippen LogP contribution >= 0.6 is 23.2 Å². The quantitative estimate of drug-likeness (QED) is 0.510. The summed E-state index contributed by atoms with van der Waals surface area (Å²) < 4.78 is 0. The molecule has 0 unspecified atom stereocenters. The first-order valence-corrected chi connectivity index (χ1v) is 11.1. The number of nitrogens with one attached hydrogen (secondary N) is 3. The molecule has 0 aliphatic carbocycles. The van der Waals surface area contributed by atoms with E-state index in [0.717, 1.165) is 38.2 Å². The molecule has 0 spiro atoms. The van der Waals surface area contributed by atoms with Crippen LogP contribution in [-0.2, 0) is 0 Å². The van der Waals surface area contributed by atoms with E-state index in [0.29, 0.717) is 34.5 Å². The van der Waals surface area contributed by atoms with Gasteiger partial charge in [0.2, 0.25) is 0 Å². The monoisotopic (exact) mass is 463 g/mol. The molecule has 166 valence electrons. The number of carbonyl (C=O) groups excluding carboxylic acids is 2. The zero-order valence-corrected chi connectivity index (χ0v) is 19.0. The summed E-state index contributed by atoms with van der Waals surface area (Å²) in [7, 11) is 0. The number of piperazine rings is 1. The Bertz CT molecular complexity index is 899. The Kier molecular flexibility index (Phi) is 8.26. The van der Waals surface area contributed by atoms with E-state index in [1.54, 1.807) is 18.2 Å². The minimum Gasteiger partial charge on any atom is -0.368 e. The van der Waals surface area contributed by atoms with E-state index < -0.39 is 6.03 Å². The summed E-state index contributed by atoms with van der Waals surface area (Å²) >= 11 is 12.1. The van der Waals surface area contributed by atoms with E-state index in [4.69, 9.17) is 23.2 Å². The van der Waals surface area contributed by atoms with Crippen LogP contribution in [0.25, 0.3) is 0 Å². The fourth-order valence-corrected chi connectivity index (χ4v) is 3.64. The fraction of sp³-hybridized carbons (Fsp3) is 0.364. The van der Waals surface area contributed by atoms with Gasteiger partial charge in [0.1, 0.15) is 0 Å². The predicted molar refractivity (Wildman–Crippen MR) is 128 cm³/mol. The molecule has 0 bridgehead atoms. The molecular weight excluding hydrogens is 437 g/mol. The van der Waals surface area contributed by atoms with E-state index in [2.05, 4.69) is 27.8 Å². The van der Waals surface area contributed by atoms with Crippen molar-refractivity contribution in [3.05, 3.63) is 52.5 Å². The summed E-state index contributed by atoms with van der Waals surface area (Å²) in [6.45, 7) is 5.72. The molecule has 7 nitrogen and oxygen atoms in total. The van der Waals surface area contributed by atoms with Gasteiger partial charge in [0.15, 0.2) is 0 Å². The number of hydrogen-bond acceptors (Lipinski definition) is 3. The Morgan fingerprint density at radius 3 is 2.35 bits per heavy atom. The van der Waals surface area contributed by atoms with Crippen LogP contribution in [0.4, 0.5) is 26.7 Å². The first-order valence-electron chi connectivity index (χ1n) is 10.4. The third kappa shape index (κ3) is 6.42. The summed E-state index contributed by atoms with van der Waals surface area (Å²) in [4.78, 5) is 28.5. The lowest BCUT2D eigenvalue weighted by Crippen LogP contribution is -2.52. The Balaban J connectivity index is 1.48. The highest BCUT2D eigenvalue weighted by Gasteiger charge is 2.21. The summed E-state index contributed by atoms with van der Waals surface area (Å²) in [5.74, 6) is 0. The molecule has 1 aliphatic rings. The lowest BCUT2D eigenvalue weighted by atomic mass is 10.2. The van der Waals surface area contributed by atoms with Crippen molar-refractivity contribution in [2.45, 2.75) is 19.8 Å². The maximum atomic E-state index is 12.2. The molecule has 0 saturated carbocycles. The molecule has 1 fully saturated rings. The SMILES string of the molecule is CCCCNC(=O)N1CCN(c2ccc(NC(=O)Nc3cccc(Cl)c3Cl)cc2)CC1. The van der Waals surface area contributed by atoms with Crippen LogP contribution < -0.4 is 20.9 Å². The number of carbonyl (C=O) groups is 2. The molecule has 0 aromatic heterocycles. The number of anilines is 3. The van der Waals surface area contributed by atoms with Gasteiger partial charge in [-0.2, -0.15) is 0 Å². The van der Waals surface area contributed by atoms with Crippen LogP contribution in [0, 0.1) is 0 Å². The van der Waals surface area contributed by atoms with E-state index in [1.165, 1.54) is 0 Å². The molecule has 2 aromatic carbocycles. The van der Waals surface area contributed by atoms with Gasteiger partial charge in [-0.3, -0.25) is 0 Å². The van der Waals surface area contributed by atoms with Crippen LogP contribution in [0.3, 0.4) is 0 Å². The molecule has 2 aromatic rings. The van der Waals surface area contributed by atoms with Crippen molar-refractivity contribution in [2.75, 3.05) is 48.3 Å². The Morgan fingerprint density at radius 2 is 1.68 bits per heavy atom. The third-order valence-corrected chi connectivity index (χ3v) is 5.88. The molecule has 4 amide bonds. The average Bonchev–Trinajstić information content (AvgIpc) is 2.78. The largest absolute Gasteiger partial charge is 0.368 e. The fourth-order valence-electron chi connectivity index (χ4n) is 3.29. The smallest absolute Gasteiger partial charge is 0.323 e. The van der Waals surface area contributed by atoms with Gasteiger partial charge in [-0.15, -0.1) is 0 Å². The van der Waals surface area contributed by atoms with Gasteiger partial charge >= 0.3 is 12.1 Å². The van der Waals surface area contributed by atoms with Gasteiger partial charge in [0.05, 0.1) is 15.7 Å². The molecule has 1 aliphatic heterocycles. The third-order valence-electron chi connectivity index (χ3n) is 5.06. The van der Waals surface area contributed by atoms with E-state index in [9.17, 15) is 9.59 Å². The normalized spacial score (nSPS) is 13.6. The van der Waals surface area contributed by atoms with E-state index in [1.807, 2.05) is 29.2 Å². The second-order valence-electron chi connectivity index (χ2n) is 7.29. The molecule has 31 heavy (non-hydrogen) atoms. The van der Waals surface area contributed by atoms with E-state index in [-0.39, 0.29) is 6.03 Å². The van der Waals surface area contributed by atoms with E-state index >= 15 is 0 Å². The van der Waals surface area contributed by atoms with Gasteiger partial charge in [-0.1, -0.05) is 42.6 Å². The molecular formula is C22H27Cl2N5O2. The summed E-state index contributed by atoms with van der Waals surface area (Å²) in [6, 6.07) is 12.3. The summed E-state index contributed by atoms with van der Waals surface area (Å²) in [6.07, 6.45) is 2.06. The number of benzene rings is 2. The second kappa shape index (κ2) is 11.1. The maximum absolute atomic E-state index is 12.2. The lowest BCUT2D eigenvalue weighted by Gasteiger charge is -2.36. The molecule has 3 N–H and O–H groups in total. The zero-order valence-electron chi connectivity index (χ0n) is 17.5. The van der Waals surface area contributed by atoms with Crippen molar-refractivity contribution in [1.82, 2.24) is 10.2 Å². The minimum absolute atomic E-state index is 0.0125. The number of hydrogen-bond donors (Lipinski definition) is 3. The Morgan fingerprint density at radius 1 is 0.968 bits per heavy atom. The zero-order chi connectivity index (χ0) is 22.2. The van der Waals surface area contributed by atoms with Crippen molar-refractivity contribution in [2.24, 2.45) is 0 Å². The number of rotatable bonds is 6. The lowest BCUT2D eigenvalue weighted by molar-refractivity contribution is 0.194. The number of amides is 4. The van der Waals surface area contributed by atoms with Crippen molar-refractivity contribution < 1.29 is 9.59 Å². The summed E-state index contributed by atoms with van der Waals surface area (Å²) in [5, 5.41) is 9.11. The number of urea groups is 2. The van der Waals surface area contributed by atoms with Crippen molar-refractivity contribution in [1.29, 1.82) is 0 Å². The van der Waals surface area contributed by atoms with Crippen LogP contribution in [0.5, 0.6) is 0 Å². The summed E-state index contributed by atoms with van der Waals surface area (Å²) in [5.41, 5.74) is 2.16. The van der Waals surface area contributed by atoms with Gasteiger partial charge in [-0.05, 0) is 42.8 Å². The minimum atomic E-state index is -0.403. The molecule has 0 atom stereocenters. The Hall–Kier alpha value is -2.64. The van der Waals surface area contributed by atoms with Crippen LogP contribution in [0.15, 0.2) is 42.5 Å². The van der Waals surface area contributed by atoms with Crippen molar-refractivity contribution in [3.8, 4) is 0 Å². The number of halogens is 2. The highest BCUT2D eigenvalue weighted by molar-refractivity contribution is 6.44. The van der Waals surface area contributed by atoms with Gasteiger partial charge in [0.25, 0.3) is 0 Å².